The van der Waals surface area contributed by atoms with Crippen molar-refractivity contribution in [1.82, 2.24) is 10.3 Å². The number of rotatable bonds is 4. The van der Waals surface area contributed by atoms with Gasteiger partial charge in [0.1, 0.15) is 5.25 Å². The van der Waals surface area contributed by atoms with Gasteiger partial charge in [0.25, 0.3) is 0 Å². The lowest BCUT2D eigenvalue weighted by Gasteiger charge is -1.98. The summed E-state index contributed by atoms with van der Waals surface area (Å²) >= 11 is 1.07. The summed E-state index contributed by atoms with van der Waals surface area (Å²) in [5.74, 6) is -1.38. The number of nitrogens with zero attached hydrogens (tertiary/aromatic N) is 3. The second-order valence-corrected chi connectivity index (χ2v) is 5.22. The Hall–Kier alpha value is -2.22. The third-order valence-corrected chi connectivity index (χ3v) is 3.58. The Morgan fingerprint density at radius 1 is 1.60 bits per heavy atom. The fourth-order valence-electron chi connectivity index (χ4n) is 1.50. The van der Waals surface area contributed by atoms with E-state index in [4.69, 9.17) is 5.11 Å². The van der Waals surface area contributed by atoms with Crippen LogP contribution in [0.25, 0.3) is 0 Å². The van der Waals surface area contributed by atoms with Crippen LogP contribution in [0.5, 0.6) is 0 Å². The number of thioether (sulfide) groups is 1. The minimum absolute atomic E-state index is 0.235. The van der Waals surface area contributed by atoms with Crippen molar-refractivity contribution in [3.8, 4) is 0 Å². The molecule has 0 unspecified atom stereocenters. The Morgan fingerprint density at radius 3 is 3.05 bits per heavy atom. The Kier molecular flexibility index (Phi) is 4.46. The minimum atomic E-state index is -1.02. The van der Waals surface area contributed by atoms with Crippen molar-refractivity contribution in [2.45, 2.75) is 18.6 Å². The number of carboxylic acids is 1. The van der Waals surface area contributed by atoms with E-state index in [-0.39, 0.29) is 12.3 Å². The molecule has 1 saturated heterocycles. The number of pyridine rings is 1. The maximum absolute atomic E-state index is 11.5. The van der Waals surface area contributed by atoms with Crippen LogP contribution in [0.2, 0.25) is 0 Å². The number of carbonyl (C=O) groups is 2. The van der Waals surface area contributed by atoms with Gasteiger partial charge in [0.05, 0.1) is 12.1 Å². The van der Waals surface area contributed by atoms with Crippen molar-refractivity contribution in [3.05, 3.63) is 30.1 Å². The maximum Gasteiger partial charge on any atom is 0.305 e. The van der Waals surface area contributed by atoms with Gasteiger partial charge in [-0.2, -0.15) is 5.10 Å². The van der Waals surface area contributed by atoms with E-state index in [1.54, 1.807) is 25.4 Å². The van der Waals surface area contributed by atoms with E-state index in [1.165, 1.54) is 0 Å². The van der Waals surface area contributed by atoms with Gasteiger partial charge in [0.15, 0.2) is 5.17 Å². The Balaban J connectivity index is 2.06. The zero-order valence-corrected chi connectivity index (χ0v) is 11.4. The summed E-state index contributed by atoms with van der Waals surface area (Å²) in [5.41, 5.74) is 1.48. The molecule has 1 amide bonds. The van der Waals surface area contributed by atoms with Crippen LogP contribution in [0.15, 0.2) is 34.7 Å². The van der Waals surface area contributed by atoms with Gasteiger partial charge in [-0.25, -0.2) is 0 Å². The third kappa shape index (κ3) is 3.64. The van der Waals surface area contributed by atoms with Crippen LogP contribution in [0, 0.1) is 0 Å². The number of amidine groups is 1. The second kappa shape index (κ2) is 6.29. The molecule has 20 heavy (non-hydrogen) atoms. The third-order valence-electron chi connectivity index (χ3n) is 2.51. The summed E-state index contributed by atoms with van der Waals surface area (Å²) < 4.78 is 0. The topological polar surface area (TPSA) is 104 Å². The fraction of sp³-hybridized carbons (Fsp3) is 0.250. The predicted molar refractivity (Wildman–Crippen MR) is 75.7 cm³/mol. The number of aliphatic carboxylic acids is 1. The first-order chi connectivity index (χ1) is 9.56. The van der Waals surface area contributed by atoms with Gasteiger partial charge >= 0.3 is 5.97 Å². The summed E-state index contributed by atoms with van der Waals surface area (Å²) in [7, 11) is 0. The molecule has 0 aromatic carbocycles. The fourth-order valence-corrected chi connectivity index (χ4v) is 2.41. The first-order valence-corrected chi connectivity index (χ1v) is 6.66. The molecular formula is C12H12N4O3S. The zero-order valence-electron chi connectivity index (χ0n) is 10.6. The van der Waals surface area contributed by atoms with Crippen LogP contribution in [-0.4, -0.2) is 38.1 Å². The van der Waals surface area contributed by atoms with Crippen molar-refractivity contribution in [2.24, 2.45) is 10.2 Å². The first-order valence-electron chi connectivity index (χ1n) is 5.78. The SMILES string of the molecule is C/C(=N/N=C1\NC(=O)[C@H](CC(=O)O)S1)c1cccnc1. The molecule has 0 bridgehead atoms. The number of nitrogens with one attached hydrogen (secondary N) is 1. The highest BCUT2D eigenvalue weighted by Crippen LogP contribution is 2.22. The maximum atomic E-state index is 11.5. The highest BCUT2D eigenvalue weighted by Gasteiger charge is 2.32. The van der Waals surface area contributed by atoms with Crippen LogP contribution < -0.4 is 5.32 Å². The Bertz CT molecular complexity index is 586. The van der Waals surface area contributed by atoms with E-state index >= 15 is 0 Å². The second-order valence-electron chi connectivity index (χ2n) is 4.03. The van der Waals surface area contributed by atoms with E-state index in [2.05, 4.69) is 20.5 Å². The summed E-state index contributed by atoms with van der Waals surface area (Å²) in [4.78, 5) is 26.1. The minimum Gasteiger partial charge on any atom is -0.481 e. The molecule has 7 nitrogen and oxygen atoms in total. The molecule has 0 saturated carbocycles. The zero-order chi connectivity index (χ0) is 14.5. The highest BCUT2D eigenvalue weighted by molar-refractivity contribution is 8.15. The molecule has 1 aliphatic heterocycles. The van der Waals surface area contributed by atoms with Gasteiger partial charge in [-0.1, -0.05) is 17.8 Å². The number of hydrogen-bond donors (Lipinski definition) is 2. The monoisotopic (exact) mass is 292 g/mol. The van der Waals surface area contributed by atoms with E-state index in [0.29, 0.717) is 10.9 Å². The molecule has 0 aliphatic carbocycles. The molecule has 1 aromatic rings. The number of aromatic nitrogens is 1. The van der Waals surface area contributed by atoms with Gasteiger partial charge in [0.2, 0.25) is 5.91 Å². The molecule has 1 atom stereocenters. The molecule has 0 spiro atoms. The van der Waals surface area contributed by atoms with Crippen molar-refractivity contribution < 1.29 is 14.7 Å². The number of carboxylic acid groups (broad SMARTS) is 1. The van der Waals surface area contributed by atoms with Gasteiger partial charge < -0.3 is 10.4 Å². The Morgan fingerprint density at radius 2 is 2.40 bits per heavy atom. The van der Waals surface area contributed by atoms with Crippen LogP contribution in [0.4, 0.5) is 0 Å². The molecule has 1 aromatic heterocycles. The molecule has 104 valence electrons. The highest BCUT2D eigenvalue weighted by atomic mass is 32.2. The standard InChI is InChI=1S/C12H12N4O3S/c1-7(8-3-2-4-13-6-8)15-16-12-14-11(19)9(20-12)5-10(17)18/h2-4,6,9H,5H2,1H3,(H,17,18)(H,14,16,19)/b15-7-/t9-/m0/s1. The summed E-state index contributed by atoms with van der Waals surface area (Å²) in [6.07, 6.45) is 3.08. The molecule has 2 N–H and O–H groups in total. The van der Waals surface area contributed by atoms with Crippen LogP contribution >= 0.6 is 11.8 Å². The average Bonchev–Trinajstić information content (AvgIpc) is 2.77. The van der Waals surface area contributed by atoms with Crippen molar-refractivity contribution in [1.29, 1.82) is 0 Å². The molecule has 8 heteroatoms. The molecule has 1 fully saturated rings. The first kappa shape index (κ1) is 14.2. The Labute approximate surface area is 119 Å². The largest absolute Gasteiger partial charge is 0.481 e. The lowest BCUT2D eigenvalue weighted by atomic mass is 10.2. The smallest absolute Gasteiger partial charge is 0.305 e. The van der Waals surface area contributed by atoms with Crippen LogP contribution in [-0.2, 0) is 9.59 Å². The summed E-state index contributed by atoms with van der Waals surface area (Å²) in [6.45, 7) is 1.78. The van der Waals surface area contributed by atoms with E-state index in [1.807, 2.05) is 6.07 Å². The molecule has 0 radical (unpaired) electrons. The van der Waals surface area contributed by atoms with Crippen molar-refractivity contribution in [2.75, 3.05) is 0 Å². The normalized spacial score (nSPS) is 21.1. The summed E-state index contributed by atoms with van der Waals surface area (Å²) in [5, 5.41) is 18.8. The predicted octanol–water partition coefficient (Wildman–Crippen LogP) is 0.868. The molecule has 2 rings (SSSR count). The van der Waals surface area contributed by atoms with Gasteiger partial charge in [0, 0.05) is 18.0 Å². The van der Waals surface area contributed by atoms with Crippen molar-refractivity contribution in [3.63, 3.8) is 0 Å². The quantitative estimate of drug-likeness (QED) is 0.633. The molecular weight excluding hydrogens is 280 g/mol. The van der Waals surface area contributed by atoms with Crippen LogP contribution in [0.3, 0.4) is 0 Å². The van der Waals surface area contributed by atoms with Crippen LogP contribution in [0.1, 0.15) is 18.9 Å². The lowest BCUT2D eigenvalue weighted by Crippen LogP contribution is -2.26. The van der Waals surface area contributed by atoms with E-state index in [0.717, 1.165) is 17.3 Å². The van der Waals surface area contributed by atoms with Crippen molar-refractivity contribution >= 4 is 34.5 Å². The molecule has 2 heterocycles. The number of hydrogen-bond acceptors (Lipinski definition) is 6. The van der Waals surface area contributed by atoms with Gasteiger partial charge in [-0.05, 0) is 13.0 Å². The summed E-state index contributed by atoms with van der Waals surface area (Å²) in [6, 6.07) is 3.64. The number of carbonyl (C=O) groups excluding carboxylic acids is 1. The molecule has 1 aliphatic rings. The average molecular weight is 292 g/mol. The van der Waals surface area contributed by atoms with E-state index in [9.17, 15) is 9.59 Å². The van der Waals surface area contributed by atoms with Gasteiger partial charge in [-0.3, -0.25) is 14.6 Å². The lowest BCUT2D eigenvalue weighted by molar-refractivity contribution is -0.138. The number of amides is 1. The van der Waals surface area contributed by atoms with E-state index < -0.39 is 11.2 Å². The van der Waals surface area contributed by atoms with Gasteiger partial charge in [-0.15, -0.1) is 5.10 Å².